The predicted octanol–water partition coefficient (Wildman–Crippen LogP) is 3.03. The van der Waals surface area contributed by atoms with Gasteiger partial charge < -0.3 is 14.8 Å². The number of halogens is 1. The van der Waals surface area contributed by atoms with Gasteiger partial charge in [0.15, 0.2) is 0 Å². The largest absolute Gasteiger partial charge is 0.481 e. The molecule has 0 atom stereocenters. The van der Waals surface area contributed by atoms with Crippen molar-refractivity contribution in [2.45, 2.75) is 39.5 Å². The zero-order chi connectivity index (χ0) is 14.4. The lowest BCUT2D eigenvalue weighted by Gasteiger charge is -2.04. The Morgan fingerprint density at radius 2 is 1.89 bits per heavy atom. The molecule has 0 aromatic carbocycles. The van der Waals surface area contributed by atoms with E-state index in [1.54, 1.807) is 13.8 Å². The number of amides is 1. The van der Waals surface area contributed by atoms with Crippen molar-refractivity contribution in [1.29, 1.82) is 0 Å². The quantitative estimate of drug-likeness (QED) is 0.752. The number of aliphatic carboxylic acids is 1. The average Bonchev–Trinajstić information content (AvgIpc) is 2.57. The Bertz CT molecular complexity index is 467. The highest BCUT2D eigenvalue weighted by Crippen LogP contribution is 2.27. The lowest BCUT2D eigenvalue weighted by Crippen LogP contribution is -2.25. The molecule has 0 radical (unpaired) electrons. The van der Waals surface area contributed by atoms with Crippen molar-refractivity contribution >= 4 is 27.8 Å². The second-order valence-electron chi connectivity index (χ2n) is 4.36. The molecule has 0 unspecified atom stereocenters. The first kappa shape index (κ1) is 15.8. The van der Waals surface area contributed by atoms with Crippen LogP contribution in [-0.4, -0.2) is 23.5 Å². The summed E-state index contributed by atoms with van der Waals surface area (Å²) in [5.74, 6) is 0.328. The zero-order valence-electron chi connectivity index (χ0n) is 11.1. The van der Waals surface area contributed by atoms with Crippen LogP contribution in [0.25, 0.3) is 0 Å². The molecule has 0 fully saturated rings. The van der Waals surface area contributed by atoms with Crippen LogP contribution in [0.2, 0.25) is 0 Å². The van der Waals surface area contributed by atoms with E-state index >= 15 is 0 Å². The van der Waals surface area contributed by atoms with Crippen molar-refractivity contribution in [2.75, 3.05) is 6.54 Å². The van der Waals surface area contributed by atoms with E-state index in [4.69, 9.17) is 9.52 Å². The molecule has 0 saturated carbocycles. The number of unbranched alkanes of at least 4 members (excludes halogenated alkanes) is 2. The van der Waals surface area contributed by atoms with Crippen LogP contribution in [-0.2, 0) is 4.79 Å². The minimum Gasteiger partial charge on any atom is -0.481 e. The molecule has 0 aliphatic heterocycles. The van der Waals surface area contributed by atoms with Crippen LogP contribution >= 0.6 is 15.9 Å². The van der Waals surface area contributed by atoms with E-state index in [0.29, 0.717) is 34.5 Å². The minimum absolute atomic E-state index is 0.167. The van der Waals surface area contributed by atoms with Crippen molar-refractivity contribution in [3.05, 3.63) is 21.6 Å². The van der Waals surface area contributed by atoms with Gasteiger partial charge in [0.1, 0.15) is 11.5 Å². The predicted molar refractivity (Wildman–Crippen MR) is 74.3 cm³/mol. The number of hydrogen-bond acceptors (Lipinski definition) is 3. The van der Waals surface area contributed by atoms with Crippen LogP contribution in [0, 0.1) is 13.8 Å². The molecule has 2 N–H and O–H groups in total. The van der Waals surface area contributed by atoms with Gasteiger partial charge in [-0.3, -0.25) is 9.59 Å². The molecule has 0 aliphatic carbocycles. The molecule has 6 heteroatoms. The van der Waals surface area contributed by atoms with Crippen LogP contribution in [0.1, 0.15) is 47.6 Å². The molecule has 0 spiro atoms. The lowest BCUT2D eigenvalue weighted by atomic mass is 10.2. The van der Waals surface area contributed by atoms with Gasteiger partial charge in [-0.05, 0) is 42.6 Å². The van der Waals surface area contributed by atoms with Gasteiger partial charge in [0.25, 0.3) is 5.91 Å². The number of carbonyl (C=O) groups is 2. The molecule has 1 heterocycles. The maximum absolute atomic E-state index is 11.9. The van der Waals surface area contributed by atoms with Crippen molar-refractivity contribution in [1.82, 2.24) is 5.32 Å². The van der Waals surface area contributed by atoms with Crippen molar-refractivity contribution in [3.63, 3.8) is 0 Å². The summed E-state index contributed by atoms with van der Waals surface area (Å²) in [6, 6.07) is 0. The number of carbonyl (C=O) groups excluding carboxylic acids is 1. The van der Waals surface area contributed by atoms with Gasteiger partial charge in [0.05, 0.1) is 10.0 Å². The third-order valence-corrected chi connectivity index (χ3v) is 3.72. The fraction of sp³-hybridized carbons (Fsp3) is 0.538. The Morgan fingerprint density at radius 3 is 2.42 bits per heavy atom. The van der Waals surface area contributed by atoms with Crippen LogP contribution < -0.4 is 5.32 Å². The number of rotatable bonds is 7. The maximum Gasteiger partial charge on any atom is 0.303 e. The third kappa shape index (κ3) is 4.70. The van der Waals surface area contributed by atoms with Crippen molar-refractivity contribution < 1.29 is 19.1 Å². The number of aryl methyl sites for hydroxylation is 2. The Hall–Kier alpha value is -1.30. The van der Waals surface area contributed by atoms with E-state index in [1.165, 1.54) is 0 Å². The highest BCUT2D eigenvalue weighted by molar-refractivity contribution is 9.10. The molecule has 0 aliphatic rings. The summed E-state index contributed by atoms with van der Waals surface area (Å²) < 4.78 is 6.05. The Labute approximate surface area is 120 Å². The van der Waals surface area contributed by atoms with E-state index < -0.39 is 5.97 Å². The molecule has 1 amide bonds. The van der Waals surface area contributed by atoms with Gasteiger partial charge >= 0.3 is 5.97 Å². The monoisotopic (exact) mass is 331 g/mol. The summed E-state index contributed by atoms with van der Waals surface area (Å²) in [6.07, 6.45) is 2.38. The first-order valence-electron chi connectivity index (χ1n) is 6.19. The Kier molecular flexibility index (Phi) is 6.08. The standard InChI is InChI=1S/C13H18BrNO4/c1-8-11(12(14)9(2)19-8)13(18)15-7-5-3-4-6-10(16)17/h3-7H2,1-2H3,(H,15,18)(H,16,17). The van der Waals surface area contributed by atoms with Gasteiger partial charge in [0.2, 0.25) is 0 Å². The van der Waals surface area contributed by atoms with Crippen LogP contribution in [0.15, 0.2) is 8.89 Å². The number of furan rings is 1. The molecular formula is C13H18BrNO4. The summed E-state index contributed by atoms with van der Waals surface area (Å²) in [4.78, 5) is 22.3. The van der Waals surface area contributed by atoms with Gasteiger partial charge in [-0.15, -0.1) is 0 Å². The molecule has 0 bridgehead atoms. The zero-order valence-corrected chi connectivity index (χ0v) is 12.7. The SMILES string of the molecule is Cc1oc(C)c(C(=O)NCCCCCC(=O)O)c1Br. The van der Waals surface area contributed by atoms with E-state index in [9.17, 15) is 9.59 Å². The highest BCUT2D eigenvalue weighted by Gasteiger charge is 2.19. The molecular weight excluding hydrogens is 314 g/mol. The summed E-state index contributed by atoms with van der Waals surface area (Å²) in [5.41, 5.74) is 0.531. The molecule has 1 rings (SSSR count). The first-order valence-corrected chi connectivity index (χ1v) is 6.98. The Morgan fingerprint density at radius 1 is 1.21 bits per heavy atom. The summed E-state index contributed by atoms with van der Waals surface area (Å²) >= 11 is 3.33. The van der Waals surface area contributed by atoms with Gasteiger partial charge in [-0.25, -0.2) is 0 Å². The summed E-state index contributed by atoms with van der Waals surface area (Å²) in [7, 11) is 0. The fourth-order valence-electron chi connectivity index (χ4n) is 1.78. The molecule has 5 nitrogen and oxygen atoms in total. The van der Waals surface area contributed by atoms with Crippen LogP contribution in [0.5, 0.6) is 0 Å². The van der Waals surface area contributed by atoms with Crippen LogP contribution in [0.3, 0.4) is 0 Å². The van der Waals surface area contributed by atoms with Gasteiger partial charge in [0, 0.05) is 13.0 Å². The molecule has 0 saturated heterocycles. The van der Waals surface area contributed by atoms with Crippen LogP contribution in [0.4, 0.5) is 0 Å². The molecule has 19 heavy (non-hydrogen) atoms. The second-order valence-corrected chi connectivity index (χ2v) is 5.16. The number of carboxylic acids is 1. The van der Waals surface area contributed by atoms with Gasteiger partial charge in [-0.1, -0.05) is 6.42 Å². The minimum atomic E-state index is -0.780. The maximum atomic E-state index is 11.9. The smallest absolute Gasteiger partial charge is 0.303 e. The summed E-state index contributed by atoms with van der Waals surface area (Å²) in [6.45, 7) is 4.08. The highest BCUT2D eigenvalue weighted by atomic mass is 79.9. The molecule has 106 valence electrons. The average molecular weight is 332 g/mol. The number of hydrogen-bond donors (Lipinski definition) is 2. The van der Waals surface area contributed by atoms with E-state index in [-0.39, 0.29) is 12.3 Å². The van der Waals surface area contributed by atoms with Crippen molar-refractivity contribution in [3.8, 4) is 0 Å². The van der Waals surface area contributed by atoms with E-state index in [0.717, 1.165) is 12.8 Å². The Balaban J connectivity index is 2.34. The molecule has 1 aromatic rings. The summed E-state index contributed by atoms with van der Waals surface area (Å²) in [5, 5.41) is 11.3. The normalized spacial score (nSPS) is 10.5. The first-order chi connectivity index (χ1) is 8.93. The topological polar surface area (TPSA) is 79.5 Å². The number of nitrogens with one attached hydrogen (secondary N) is 1. The van der Waals surface area contributed by atoms with E-state index in [1.807, 2.05) is 0 Å². The lowest BCUT2D eigenvalue weighted by molar-refractivity contribution is -0.137. The fourth-order valence-corrected chi connectivity index (χ4v) is 2.32. The molecule has 1 aromatic heterocycles. The van der Waals surface area contributed by atoms with Crippen molar-refractivity contribution in [2.24, 2.45) is 0 Å². The number of carboxylic acid groups (broad SMARTS) is 1. The van der Waals surface area contributed by atoms with Gasteiger partial charge in [-0.2, -0.15) is 0 Å². The second kappa shape index (κ2) is 7.33. The van der Waals surface area contributed by atoms with E-state index in [2.05, 4.69) is 21.2 Å². The third-order valence-electron chi connectivity index (χ3n) is 2.77.